The van der Waals surface area contributed by atoms with Gasteiger partial charge in [0.1, 0.15) is 5.69 Å². The fourth-order valence-corrected chi connectivity index (χ4v) is 2.20. The van der Waals surface area contributed by atoms with E-state index in [1.165, 1.54) is 0 Å². The van der Waals surface area contributed by atoms with Gasteiger partial charge in [0, 0.05) is 10.0 Å². The number of carbonyl (C=O) groups excluding carboxylic acids is 1. The van der Waals surface area contributed by atoms with Gasteiger partial charge in [0.15, 0.2) is 17.2 Å². The monoisotopic (exact) mass is 310 g/mol. The molecule has 3 rings (SSSR count). The van der Waals surface area contributed by atoms with Crippen molar-refractivity contribution in [2.45, 2.75) is 0 Å². The molecule has 8 heteroatoms. The quantitative estimate of drug-likeness (QED) is 0.863. The predicted molar refractivity (Wildman–Crippen MR) is 64.2 cm³/mol. The van der Waals surface area contributed by atoms with Crippen molar-refractivity contribution in [3.63, 3.8) is 0 Å². The molecule has 1 amide bonds. The first-order valence-corrected chi connectivity index (χ1v) is 5.76. The van der Waals surface area contributed by atoms with E-state index in [1.54, 1.807) is 12.1 Å². The van der Waals surface area contributed by atoms with Gasteiger partial charge in [0.05, 0.1) is 0 Å². The average molecular weight is 311 g/mol. The van der Waals surface area contributed by atoms with E-state index in [4.69, 9.17) is 15.2 Å². The maximum Gasteiger partial charge on any atom is 0.271 e. The van der Waals surface area contributed by atoms with Crippen LogP contribution in [0.3, 0.4) is 0 Å². The third-order valence-electron chi connectivity index (χ3n) is 2.50. The van der Waals surface area contributed by atoms with Crippen LogP contribution in [0, 0.1) is 0 Å². The number of hydrogen-bond acceptors (Lipinski definition) is 5. The van der Waals surface area contributed by atoms with Crippen molar-refractivity contribution in [2.75, 3.05) is 6.79 Å². The number of ether oxygens (including phenoxy) is 2. The smallest absolute Gasteiger partial charge is 0.271 e. The van der Waals surface area contributed by atoms with Crippen LogP contribution in [0.4, 0.5) is 0 Å². The van der Waals surface area contributed by atoms with Crippen LogP contribution >= 0.6 is 15.9 Å². The Labute approximate surface area is 109 Å². The molecule has 0 fully saturated rings. The molecule has 0 aliphatic carbocycles. The third-order valence-corrected chi connectivity index (χ3v) is 3.15. The molecule has 1 aromatic heterocycles. The van der Waals surface area contributed by atoms with E-state index in [9.17, 15) is 4.79 Å². The van der Waals surface area contributed by atoms with Gasteiger partial charge in [-0.1, -0.05) is 0 Å². The van der Waals surface area contributed by atoms with Gasteiger partial charge in [-0.15, -0.1) is 0 Å². The first-order chi connectivity index (χ1) is 8.66. The maximum atomic E-state index is 11.2. The molecular formula is C10H7BrN4O3. The van der Waals surface area contributed by atoms with Gasteiger partial charge in [0.2, 0.25) is 6.79 Å². The molecule has 0 spiro atoms. The van der Waals surface area contributed by atoms with Gasteiger partial charge in [-0.05, 0) is 28.1 Å². The molecule has 0 atom stereocenters. The highest BCUT2D eigenvalue weighted by Gasteiger charge is 2.22. The zero-order chi connectivity index (χ0) is 12.7. The zero-order valence-electron chi connectivity index (χ0n) is 8.94. The van der Waals surface area contributed by atoms with Crippen molar-refractivity contribution in [2.24, 2.45) is 5.73 Å². The van der Waals surface area contributed by atoms with Crippen LogP contribution in [0.15, 0.2) is 16.6 Å². The lowest BCUT2D eigenvalue weighted by atomic mass is 10.1. The maximum absolute atomic E-state index is 11.2. The first-order valence-electron chi connectivity index (χ1n) is 4.97. The number of aromatic amines is 1. The second-order valence-corrected chi connectivity index (χ2v) is 4.42. The fraction of sp³-hybridized carbons (Fsp3) is 0.100. The van der Waals surface area contributed by atoms with Gasteiger partial charge >= 0.3 is 0 Å². The minimum atomic E-state index is -0.650. The third kappa shape index (κ3) is 1.61. The Kier molecular flexibility index (Phi) is 2.44. The molecule has 1 aliphatic heterocycles. The Bertz CT molecular complexity index is 640. The molecule has 18 heavy (non-hydrogen) atoms. The molecule has 0 saturated carbocycles. The first kappa shape index (κ1) is 11.0. The Morgan fingerprint density at radius 3 is 2.78 bits per heavy atom. The number of primary amides is 1. The van der Waals surface area contributed by atoms with Gasteiger partial charge in [-0.25, -0.2) is 0 Å². The largest absolute Gasteiger partial charge is 0.454 e. The average Bonchev–Trinajstić information content (AvgIpc) is 2.94. The van der Waals surface area contributed by atoms with Crippen LogP contribution in [0.25, 0.3) is 11.3 Å². The summed E-state index contributed by atoms with van der Waals surface area (Å²) in [4.78, 5) is 11.2. The lowest BCUT2D eigenvalue weighted by molar-refractivity contribution is 0.0996. The normalized spacial score (nSPS) is 12.7. The summed E-state index contributed by atoms with van der Waals surface area (Å²) in [5.74, 6) is 0.574. The molecule has 2 aromatic rings. The van der Waals surface area contributed by atoms with E-state index in [1.807, 2.05) is 0 Å². The number of nitrogens with one attached hydrogen (secondary N) is 1. The number of H-pyrrole nitrogens is 1. The Hall–Kier alpha value is -2.09. The summed E-state index contributed by atoms with van der Waals surface area (Å²) in [6, 6.07) is 3.47. The Morgan fingerprint density at radius 1 is 1.33 bits per heavy atom. The van der Waals surface area contributed by atoms with Crippen molar-refractivity contribution in [3.05, 3.63) is 22.3 Å². The molecule has 0 saturated heterocycles. The van der Waals surface area contributed by atoms with Crippen molar-refractivity contribution >= 4 is 21.8 Å². The summed E-state index contributed by atoms with van der Waals surface area (Å²) >= 11 is 3.39. The summed E-state index contributed by atoms with van der Waals surface area (Å²) in [6.07, 6.45) is 0. The van der Waals surface area contributed by atoms with Crippen LogP contribution in [0.5, 0.6) is 11.5 Å². The molecule has 0 unspecified atom stereocenters. The van der Waals surface area contributed by atoms with E-state index in [2.05, 4.69) is 31.3 Å². The van der Waals surface area contributed by atoms with Crippen molar-refractivity contribution < 1.29 is 14.3 Å². The van der Waals surface area contributed by atoms with Gasteiger partial charge < -0.3 is 15.2 Å². The SMILES string of the molecule is NC(=O)c1n[nH]nc1-c1cc2c(cc1Br)OCO2. The zero-order valence-corrected chi connectivity index (χ0v) is 10.5. The van der Waals surface area contributed by atoms with Crippen LogP contribution in [0.2, 0.25) is 0 Å². The van der Waals surface area contributed by atoms with Crippen LogP contribution in [-0.2, 0) is 0 Å². The van der Waals surface area contributed by atoms with Crippen molar-refractivity contribution in [1.82, 2.24) is 15.4 Å². The van der Waals surface area contributed by atoms with E-state index in [-0.39, 0.29) is 12.5 Å². The predicted octanol–water partition coefficient (Wildman–Crippen LogP) is 1.06. The minimum Gasteiger partial charge on any atom is -0.454 e. The molecule has 3 N–H and O–H groups in total. The number of halogens is 1. The standard InChI is InChI=1S/C10H7BrN4O3/c11-5-2-7-6(17-3-18-7)1-4(5)8-9(10(12)16)14-15-13-8/h1-2H,3H2,(H2,12,16)(H,13,14,15). The highest BCUT2D eigenvalue weighted by Crippen LogP contribution is 2.40. The number of amides is 1. The summed E-state index contributed by atoms with van der Waals surface area (Å²) in [5, 5.41) is 10.0. The second-order valence-electron chi connectivity index (χ2n) is 3.57. The van der Waals surface area contributed by atoms with E-state index in [0.29, 0.717) is 27.2 Å². The van der Waals surface area contributed by atoms with Crippen LogP contribution in [0.1, 0.15) is 10.5 Å². The molecule has 0 radical (unpaired) electrons. The highest BCUT2D eigenvalue weighted by molar-refractivity contribution is 9.10. The topological polar surface area (TPSA) is 103 Å². The van der Waals surface area contributed by atoms with Gasteiger partial charge in [0.25, 0.3) is 5.91 Å². The lowest BCUT2D eigenvalue weighted by Gasteiger charge is -2.04. The van der Waals surface area contributed by atoms with Gasteiger partial charge in [-0.2, -0.15) is 15.4 Å². The Morgan fingerprint density at radius 2 is 2.06 bits per heavy atom. The lowest BCUT2D eigenvalue weighted by Crippen LogP contribution is -2.12. The van der Waals surface area contributed by atoms with Crippen molar-refractivity contribution in [1.29, 1.82) is 0 Å². The number of nitrogens with two attached hydrogens (primary N) is 1. The number of carbonyl (C=O) groups is 1. The second kappa shape index (κ2) is 3.98. The number of benzene rings is 1. The molecule has 1 aliphatic rings. The van der Waals surface area contributed by atoms with Crippen LogP contribution < -0.4 is 15.2 Å². The van der Waals surface area contributed by atoms with Crippen molar-refractivity contribution in [3.8, 4) is 22.8 Å². The number of nitrogens with zero attached hydrogens (tertiary/aromatic N) is 2. The molecule has 7 nitrogen and oxygen atoms in total. The van der Waals surface area contributed by atoms with Gasteiger partial charge in [-0.3, -0.25) is 4.79 Å². The van der Waals surface area contributed by atoms with Crippen LogP contribution in [-0.4, -0.2) is 28.1 Å². The van der Waals surface area contributed by atoms with E-state index >= 15 is 0 Å². The number of rotatable bonds is 2. The summed E-state index contributed by atoms with van der Waals surface area (Å²) in [5.41, 5.74) is 6.33. The number of fused-ring (bicyclic) bond motifs is 1. The fourth-order valence-electron chi connectivity index (χ4n) is 1.69. The van der Waals surface area contributed by atoms with E-state index < -0.39 is 5.91 Å². The summed E-state index contributed by atoms with van der Waals surface area (Å²) in [6.45, 7) is 0.173. The summed E-state index contributed by atoms with van der Waals surface area (Å²) < 4.78 is 11.2. The summed E-state index contributed by atoms with van der Waals surface area (Å²) in [7, 11) is 0. The molecule has 2 heterocycles. The number of hydrogen-bond donors (Lipinski definition) is 2. The molecule has 1 aromatic carbocycles. The molecule has 92 valence electrons. The number of aromatic nitrogens is 3. The minimum absolute atomic E-state index is 0.0783. The molecular weight excluding hydrogens is 304 g/mol. The van der Waals surface area contributed by atoms with E-state index in [0.717, 1.165) is 0 Å². The Balaban J connectivity index is 2.17. The highest BCUT2D eigenvalue weighted by atomic mass is 79.9. The molecule has 0 bridgehead atoms.